The van der Waals surface area contributed by atoms with Crippen LogP contribution in [0.15, 0.2) is 16.8 Å². The number of hydrogen-bond donors (Lipinski definition) is 3. The molecular formula is C22H38N2O4. The number of aliphatic hydroxyl groups is 2. The van der Waals surface area contributed by atoms with E-state index >= 15 is 0 Å². The van der Waals surface area contributed by atoms with Crippen molar-refractivity contribution in [3.8, 4) is 0 Å². The molecule has 4 atom stereocenters. The second-order valence-electron chi connectivity index (χ2n) is 8.49. The molecule has 160 valence electrons. The highest BCUT2D eigenvalue weighted by Gasteiger charge is 2.52. The van der Waals surface area contributed by atoms with Crippen molar-refractivity contribution in [2.75, 3.05) is 6.61 Å². The third kappa shape index (κ3) is 7.47. The lowest BCUT2D eigenvalue weighted by Crippen LogP contribution is -2.46. The zero-order chi connectivity index (χ0) is 21.3. The number of hydrogen-bond acceptors (Lipinski definition) is 5. The fraction of sp³-hybridized carbons (Fsp3) is 0.773. The van der Waals surface area contributed by atoms with Crippen LogP contribution in [0.5, 0.6) is 0 Å². The van der Waals surface area contributed by atoms with Crippen molar-refractivity contribution < 1.29 is 19.8 Å². The fourth-order valence-corrected chi connectivity index (χ4v) is 3.55. The number of Topliss-reactive ketones (excluding diaryl/α,β-unsaturated/α-hetero) is 1. The van der Waals surface area contributed by atoms with Crippen molar-refractivity contribution in [1.29, 1.82) is 0 Å². The number of allylic oxidation sites excluding steroid dienone is 1. The van der Waals surface area contributed by atoms with E-state index in [-0.39, 0.29) is 29.6 Å². The molecule has 0 aromatic rings. The molecule has 28 heavy (non-hydrogen) atoms. The Morgan fingerprint density at radius 3 is 2.57 bits per heavy atom. The van der Waals surface area contributed by atoms with Gasteiger partial charge in [0.15, 0.2) is 5.78 Å². The van der Waals surface area contributed by atoms with Gasteiger partial charge < -0.3 is 15.5 Å². The number of aliphatic imine (C=N–C) groups is 1. The number of nitrogens with zero attached hydrogens (tertiary/aromatic N) is 1. The van der Waals surface area contributed by atoms with E-state index in [1.807, 2.05) is 19.2 Å². The quantitative estimate of drug-likeness (QED) is 0.330. The minimum atomic E-state index is -1.17. The molecule has 1 fully saturated rings. The van der Waals surface area contributed by atoms with Crippen LogP contribution in [-0.4, -0.2) is 46.9 Å². The van der Waals surface area contributed by atoms with Crippen LogP contribution in [0.25, 0.3) is 0 Å². The number of unbranched alkanes of at least 4 members (excludes halogenated alkanes) is 2. The van der Waals surface area contributed by atoms with Gasteiger partial charge in [-0.2, -0.15) is 0 Å². The van der Waals surface area contributed by atoms with E-state index < -0.39 is 18.1 Å². The minimum Gasteiger partial charge on any atom is -0.396 e. The molecule has 1 amide bonds. The highest BCUT2D eigenvalue weighted by Crippen LogP contribution is 2.53. The van der Waals surface area contributed by atoms with Gasteiger partial charge >= 0.3 is 0 Å². The summed E-state index contributed by atoms with van der Waals surface area (Å²) in [6.07, 6.45) is 7.33. The van der Waals surface area contributed by atoms with Crippen molar-refractivity contribution >= 4 is 17.9 Å². The predicted molar refractivity (Wildman–Crippen MR) is 112 cm³/mol. The molecule has 0 radical (unpaired) electrons. The summed E-state index contributed by atoms with van der Waals surface area (Å²) in [5.74, 6) is -0.466. The molecule has 0 bridgehead atoms. The Morgan fingerprint density at radius 2 is 2.04 bits per heavy atom. The van der Waals surface area contributed by atoms with E-state index in [0.29, 0.717) is 12.8 Å². The van der Waals surface area contributed by atoms with Crippen molar-refractivity contribution in [3.05, 3.63) is 11.8 Å². The van der Waals surface area contributed by atoms with Gasteiger partial charge in [0.2, 0.25) is 5.91 Å². The van der Waals surface area contributed by atoms with E-state index in [9.17, 15) is 19.8 Å². The van der Waals surface area contributed by atoms with Crippen molar-refractivity contribution in [2.24, 2.45) is 22.2 Å². The molecule has 1 aliphatic rings. The lowest BCUT2D eigenvalue weighted by atomic mass is 9.82. The molecule has 4 unspecified atom stereocenters. The summed E-state index contributed by atoms with van der Waals surface area (Å²) >= 11 is 0. The number of carbonyl (C=O) groups is 2. The SMILES string of the molecule is C/C=C(/CC(NC(=O)C(C)O)C(=O)C1CC1C(C)(C)CCO)N=CCCCC. The summed E-state index contributed by atoms with van der Waals surface area (Å²) < 4.78 is 0. The highest BCUT2D eigenvalue weighted by atomic mass is 16.3. The first-order valence-electron chi connectivity index (χ1n) is 10.5. The minimum absolute atomic E-state index is 0.00637. The van der Waals surface area contributed by atoms with E-state index in [2.05, 4.69) is 31.1 Å². The maximum atomic E-state index is 13.1. The monoisotopic (exact) mass is 394 g/mol. The van der Waals surface area contributed by atoms with Gasteiger partial charge in [-0.25, -0.2) is 0 Å². The van der Waals surface area contributed by atoms with Crippen LogP contribution in [0.3, 0.4) is 0 Å². The Labute approximate surface area is 169 Å². The standard InChI is InChI=1S/C22H38N2O4/c1-6-8-9-11-23-16(7-2)13-19(24-21(28)15(3)26)20(27)17-14-18(17)22(4,5)10-12-25/h7,11,15,17-19,25-26H,6,8-10,12-14H2,1-5H3,(H,24,28)/b16-7-,23-11?. The van der Waals surface area contributed by atoms with E-state index in [0.717, 1.165) is 31.4 Å². The van der Waals surface area contributed by atoms with Gasteiger partial charge in [0.25, 0.3) is 0 Å². The summed E-state index contributed by atoms with van der Waals surface area (Å²) in [5.41, 5.74) is 0.641. The zero-order valence-electron chi connectivity index (χ0n) is 18.1. The molecule has 0 heterocycles. The topological polar surface area (TPSA) is 99.0 Å². The predicted octanol–water partition coefficient (Wildman–Crippen LogP) is 3.02. The second-order valence-corrected chi connectivity index (χ2v) is 8.49. The number of carbonyl (C=O) groups excluding carboxylic acids is 2. The molecule has 0 aromatic heterocycles. The first-order valence-corrected chi connectivity index (χ1v) is 10.5. The first kappa shape index (κ1) is 24.5. The average molecular weight is 395 g/mol. The summed E-state index contributed by atoms with van der Waals surface area (Å²) in [6, 6.07) is -0.698. The maximum absolute atomic E-state index is 13.1. The Balaban J connectivity index is 2.86. The van der Waals surface area contributed by atoms with Crippen LogP contribution >= 0.6 is 0 Å². The zero-order valence-corrected chi connectivity index (χ0v) is 18.1. The Hall–Kier alpha value is -1.53. The normalized spacial score (nSPS) is 22.2. The first-order chi connectivity index (χ1) is 13.2. The van der Waals surface area contributed by atoms with Crippen LogP contribution in [-0.2, 0) is 9.59 Å². The molecule has 6 heteroatoms. The number of aliphatic hydroxyl groups excluding tert-OH is 2. The smallest absolute Gasteiger partial charge is 0.249 e. The number of ketones is 1. The summed E-state index contributed by atoms with van der Waals surface area (Å²) in [5, 5.41) is 21.5. The van der Waals surface area contributed by atoms with Crippen LogP contribution in [0.1, 0.15) is 73.1 Å². The molecule has 0 aromatic carbocycles. The molecule has 1 saturated carbocycles. The lowest BCUT2D eigenvalue weighted by Gasteiger charge is -2.25. The molecule has 0 spiro atoms. The van der Waals surface area contributed by atoms with Crippen molar-refractivity contribution in [1.82, 2.24) is 5.32 Å². The van der Waals surface area contributed by atoms with Gasteiger partial charge in [-0.1, -0.05) is 33.3 Å². The molecule has 1 rings (SSSR count). The molecule has 0 aliphatic heterocycles. The Kier molecular flexibility index (Phi) is 10.0. The summed E-state index contributed by atoms with van der Waals surface area (Å²) in [6.45, 7) is 9.62. The van der Waals surface area contributed by atoms with Crippen LogP contribution < -0.4 is 5.32 Å². The van der Waals surface area contributed by atoms with Crippen molar-refractivity contribution in [3.63, 3.8) is 0 Å². The average Bonchev–Trinajstić information content (AvgIpc) is 3.44. The molecule has 6 nitrogen and oxygen atoms in total. The second kappa shape index (κ2) is 11.5. The number of nitrogens with one attached hydrogen (secondary N) is 1. The largest absolute Gasteiger partial charge is 0.396 e. The van der Waals surface area contributed by atoms with Gasteiger partial charge in [-0.3, -0.25) is 14.6 Å². The van der Waals surface area contributed by atoms with Gasteiger partial charge in [0.05, 0.1) is 6.04 Å². The molecule has 3 N–H and O–H groups in total. The third-order valence-electron chi connectivity index (χ3n) is 5.65. The van der Waals surface area contributed by atoms with E-state index in [1.165, 1.54) is 6.92 Å². The lowest BCUT2D eigenvalue weighted by molar-refractivity contribution is -0.133. The fourth-order valence-electron chi connectivity index (χ4n) is 3.55. The highest BCUT2D eigenvalue weighted by molar-refractivity contribution is 5.93. The number of rotatable bonds is 13. The van der Waals surface area contributed by atoms with Gasteiger partial charge in [0, 0.05) is 30.9 Å². The van der Waals surface area contributed by atoms with Gasteiger partial charge in [-0.05, 0) is 50.9 Å². The third-order valence-corrected chi connectivity index (χ3v) is 5.65. The van der Waals surface area contributed by atoms with Crippen LogP contribution in [0.4, 0.5) is 0 Å². The Bertz CT molecular complexity index is 581. The Morgan fingerprint density at radius 1 is 1.36 bits per heavy atom. The van der Waals surface area contributed by atoms with Crippen LogP contribution in [0, 0.1) is 17.3 Å². The van der Waals surface area contributed by atoms with Gasteiger partial charge in [-0.15, -0.1) is 0 Å². The van der Waals surface area contributed by atoms with Gasteiger partial charge in [0.1, 0.15) is 6.10 Å². The molecule has 1 aliphatic carbocycles. The van der Waals surface area contributed by atoms with Crippen molar-refractivity contribution in [2.45, 2.75) is 85.3 Å². The molecule has 0 saturated heterocycles. The van der Waals surface area contributed by atoms with E-state index in [1.54, 1.807) is 0 Å². The van der Waals surface area contributed by atoms with Crippen LogP contribution in [0.2, 0.25) is 0 Å². The van der Waals surface area contributed by atoms with E-state index in [4.69, 9.17) is 0 Å². The summed E-state index contributed by atoms with van der Waals surface area (Å²) in [7, 11) is 0. The summed E-state index contributed by atoms with van der Waals surface area (Å²) in [4.78, 5) is 29.6. The maximum Gasteiger partial charge on any atom is 0.249 e. The number of amides is 1. The molecular weight excluding hydrogens is 356 g/mol.